The van der Waals surface area contributed by atoms with E-state index in [1.165, 1.54) is 0 Å². The summed E-state index contributed by atoms with van der Waals surface area (Å²) in [5.41, 5.74) is 4.91. The summed E-state index contributed by atoms with van der Waals surface area (Å²) in [5, 5.41) is 13.9. The van der Waals surface area contributed by atoms with Crippen LogP contribution in [0.15, 0.2) is 66.7 Å². The van der Waals surface area contributed by atoms with Gasteiger partial charge in [-0.1, -0.05) is 45.0 Å². The number of anilines is 2. The van der Waals surface area contributed by atoms with Crippen LogP contribution >= 0.6 is 0 Å². The fourth-order valence-corrected chi connectivity index (χ4v) is 3.53. The van der Waals surface area contributed by atoms with Crippen LogP contribution in [-0.2, 0) is 5.41 Å². The number of aryl methyl sites for hydroxylation is 1. The van der Waals surface area contributed by atoms with Crippen molar-refractivity contribution in [2.24, 2.45) is 0 Å². The second-order valence-electron chi connectivity index (χ2n) is 8.86. The van der Waals surface area contributed by atoms with Gasteiger partial charge in [0.25, 0.3) is 11.8 Å². The first-order chi connectivity index (χ1) is 15.2. The van der Waals surface area contributed by atoms with Crippen LogP contribution in [0.5, 0.6) is 0 Å². The number of fused-ring (bicyclic) bond motifs is 1. The summed E-state index contributed by atoms with van der Waals surface area (Å²) >= 11 is 0. The Bertz CT molecular complexity index is 1300. The SMILES string of the molecule is Cc1[nH]nc2cc(NC(=O)c3ccccc3NC(=O)c3ccc(C(C)(C)C)cc3)ccc12. The van der Waals surface area contributed by atoms with Crippen LogP contribution in [0.4, 0.5) is 11.4 Å². The zero-order valence-electron chi connectivity index (χ0n) is 18.6. The molecule has 0 fully saturated rings. The highest BCUT2D eigenvalue weighted by Gasteiger charge is 2.17. The van der Waals surface area contributed by atoms with Crippen LogP contribution in [0.25, 0.3) is 10.9 Å². The average Bonchev–Trinajstić information content (AvgIpc) is 3.13. The number of carbonyl (C=O) groups excluding carboxylic acids is 2. The fourth-order valence-electron chi connectivity index (χ4n) is 3.53. The lowest BCUT2D eigenvalue weighted by atomic mass is 9.86. The molecule has 2 amide bonds. The summed E-state index contributed by atoms with van der Waals surface area (Å²) in [4.78, 5) is 25.8. The van der Waals surface area contributed by atoms with Gasteiger partial charge in [0, 0.05) is 22.3 Å². The van der Waals surface area contributed by atoms with Crippen molar-refractivity contribution in [1.82, 2.24) is 10.2 Å². The highest BCUT2D eigenvalue weighted by atomic mass is 16.2. The maximum Gasteiger partial charge on any atom is 0.257 e. The Hall–Kier alpha value is -3.93. The molecule has 0 aliphatic heterocycles. The van der Waals surface area contributed by atoms with Gasteiger partial charge in [0.15, 0.2) is 0 Å². The van der Waals surface area contributed by atoms with E-state index in [1.807, 2.05) is 37.3 Å². The molecule has 4 rings (SSSR count). The molecule has 0 atom stereocenters. The van der Waals surface area contributed by atoms with E-state index in [9.17, 15) is 9.59 Å². The number of rotatable bonds is 4. The monoisotopic (exact) mass is 426 g/mol. The number of nitrogens with one attached hydrogen (secondary N) is 3. The molecule has 162 valence electrons. The fraction of sp³-hybridized carbons (Fsp3) is 0.192. The maximum absolute atomic E-state index is 13.0. The Kier molecular flexibility index (Phi) is 5.53. The Morgan fingerprint density at radius 2 is 1.59 bits per heavy atom. The summed E-state index contributed by atoms with van der Waals surface area (Å²) in [5.74, 6) is -0.574. The lowest BCUT2D eigenvalue weighted by Crippen LogP contribution is -2.18. The predicted molar refractivity (Wildman–Crippen MR) is 128 cm³/mol. The number of aromatic amines is 1. The summed E-state index contributed by atoms with van der Waals surface area (Å²) in [6, 6.07) is 20.0. The van der Waals surface area contributed by atoms with Crippen LogP contribution in [-0.4, -0.2) is 22.0 Å². The molecule has 6 heteroatoms. The summed E-state index contributed by atoms with van der Waals surface area (Å²) in [7, 11) is 0. The number of carbonyl (C=O) groups is 2. The van der Waals surface area contributed by atoms with Crippen LogP contribution in [0.1, 0.15) is 52.7 Å². The molecule has 0 aliphatic rings. The summed E-state index contributed by atoms with van der Waals surface area (Å²) in [6.45, 7) is 8.33. The first-order valence-electron chi connectivity index (χ1n) is 10.5. The zero-order chi connectivity index (χ0) is 22.9. The molecule has 3 aromatic carbocycles. The first-order valence-corrected chi connectivity index (χ1v) is 10.5. The van der Waals surface area contributed by atoms with Crippen LogP contribution < -0.4 is 10.6 Å². The van der Waals surface area contributed by atoms with E-state index < -0.39 is 0 Å². The minimum absolute atomic E-state index is 0.0112. The minimum atomic E-state index is -0.310. The van der Waals surface area contributed by atoms with E-state index in [2.05, 4.69) is 41.6 Å². The van der Waals surface area contributed by atoms with E-state index in [0.29, 0.717) is 22.5 Å². The number of amides is 2. The Morgan fingerprint density at radius 1 is 0.875 bits per heavy atom. The lowest BCUT2D eigenvalue weighted by molar-refractivity contribution is 0.102. The number of para-hydroxylation sites is 1. The van der Waals surface area contributed by atoms with E-state index in [0.717, 1.165) is 22.2 Å². The van der Waals surface area contributed by atoms with Gasteiger partial charge >= 0.3 is 0 Å². The van der Waals surface area contributed by atoms with Gasteiger partial charge in [0.05, 0.1) is 16.8 Å². The quantitative estimate of drug-likeness (QED) is 0.393. The molecule has 0 bridgehead atoms. The molecule has 4 aromatic rings. The van der Waals surface area contributed by atoms with E-state index in [1.54, 1.807) is 36.4 Å². The van der Waals surface area contributed by atoms with Gasteiger partial charge in [-0.3, -0.25) is 14.7 Å². The topological polar surface area (TPSA) is 86.9 Å². The third-order valence-corrected chi connectivity index (χ3v) is 5.44. The Morgan fingerprint density at radius 3 is 2.31 bits per heavy atom. The average molecular weight is 427 g/mol. The van der Waals surface area contributed by atoms with Gasteiger partial charge < -0.3 is 10.6 Å². The standard InChI is InChI=1S/C26H26N4O2/c1-16-20-14-13-19(15-23(20)30-29-16)27-25(32)21-7-5-6-8-22(21)28-24(31)17-9-11-18(12-10-17)26(2,3)4/h5-15H,1-4H3,(H,27,32)(H,28,31)(H,29,30). The van der Waals surface area contributed by atoms with Crippen molar-refractivity contribution >= 4 is 34.1 Å². The molecular weight excluding hydrogens is 400 g/mol. The molecule has 6 nitrogen and oxygen atoms in total. The van der Waals surface area contributed by atoms with E-state index >= 15 is 0 Å². The molecule has 3 N–H and O–H groups in total. The highest BCUT2D eigenvalue weighted by Crippen LogP contribution is 2.24. The van der Waals surface area contributed by atoms with Crippen molar-refractivity contribution in [3.05, 3.63) is 89.1 Å². The first kappa shape index (κ1) is 21.3. The number of hydrogen-bond acceptors (Lipinski definition) is 3. The zero-order valence-corrected chi connectivity index (χ0v) is 18.6. The van der Waals surface area contributed by atoms with Gasteiger partial charge in [0.2, 0.25) is 0 Å². The molecule has 1 aromatic heterocycles. The Labute approximate surface area is 187 Å². The lowest BCUT2D eigenvalue weighted by Gasteiger charge is -2.19. The molecule has 0 saturated heterocycles. The van der Waals surface area contributed by atoms with Crippen molar-refractivity contribution in [2.45, 2.75) is 33.1 Å². The van der Waals surface area contributed by atoms with Crippen LogP contribution in [0, 0.1) is 6.92 Å². The highest BCUT2D eigenvalue weighted by molar-refractivity contribution is 6.12. The van der Waals surface area contributed by atoms with Crippen molar-refractivity contribution in [1.29, 1.82) is 0 Å². The van der Waals surface area contributed by atoms with Crippen molar-refractivity contribution in [3.8, 4) is 0 Å². The largest absolute Gasteiger partial charge is 0.322 e. The van der Waals surface area contributed by atoms with Gasteiger partial charge in [-0.2, -0.15) is 5.10 Å². The van der Waals surface area contributed by atoms with Gasteiger partial charge in [-0.15, -0.1) is 0 Å². The molecule has 1 heterocycles. The molecule has 0 saturated carbocycles. The number of hydrogen-bond donors (Lipinski definition) is 3. The molecule has 0 spiro atoms. The maximum atomic E-state index is 13.0. The Balaban J connectivity index is 1.52. The van der Waals surface area contributed by atoms with E-state index in [-0.39, 0.29) is 17.2 Å². The number of aromatic nitrogens is 2. The second-order valence-corrected chi connectivity index (χ2v) is 8.86. The molecule has 32 heavy (non-hydrogen) atoms. The van der Waals surface area contributed by atoms with Crippen molar-refractivity contribution in [2.75, 3.05) is 10.6 Å². The second kappa shape index (κ2) is 8.30. The van der Waals surface area contributed by atoms with Gasteiger partial charge in [-0.25, -0.2) is 0 Å². The van der Waals surface area contributed by atoms with E-state index in [4.69, 9.17) is 0 Å². The molecule has 0 radical (unpaired) electrons. The predicted octanol–water partition coefficient (Wildman–Crippen LogP) is 5.67. The molecule has 0 aliphatic carbocycles. The third kappa shape index (κ3) is 4.39. The summed E-state index contributed by atoms with van der Waals surface area (Å²) < 4.78 is 0. The molecule has 0 unspecified atom stereocenters. The minimum Gasteiger partial charge on any atom is -0.322 e. The smallest absolute Gasteiger partial charge is 0.257 e. The normalized spacial score (nSPS) is 11.4. The van der Waals surface area contributed by atoms with Crippen LogP contribution in [0.3, 0.4) is 0 Å². The van der Waals surface area contributed by atoms with Gasteiger partial charge in [-0.05, 0) is 60.4 Å². The van der Waals surface area contributed by atoms with Crippen molar-refractivity contribution < 1.29 is 9.59 Å². The third-order valence-electron chi connectivity index (χ3n) is 5.44. The molecular formula is C26H26N4O2. The number of nitrogens with zero attached hydrogens (tertiary/aromatic N) is 1. The summed E-state index contributed by atoms with van der Waals surface area (Å²) in [6.07, 6.45) is 0. The van der Waals surface area contributed by atoms with Gasteiger partial charge in [0.1, 0.15) is 0 Å². The van der Waals surface area contributed by atoms with Crippen LogP contribution in [0.2, 0.25) is 0 Å². The van der Waals surface area contributed by atoms with Crippen molar-refractivity contribution in [3.63, 3.8) is 0 Å². The number of benzene rings is 3. The number of H-pyrrole nitrogens is 1.